The molecule has 0 radical (unpaired) electrons. The molecule has 0 aromatic carbocycles. The predicted octanol–water partition coefficient (Wildman–Crippen LogP) is 2.23. The van der Waals surface area contributed by atoms with E-state index in [1.54, 1.807) is 4.68 Å². The second-order valence-corrected chi connectivity index (χ2v) is 5.80. The number of nitrogens with zero attached hydrogens (tertiary/aromatic N) is 2. The largest absolute Gasteiger partial charge is 0.350 e. The van der Waals surface area contributed by atoms with Crippen molar-refractivity contribution >= 4 is 5.91 Å². The molecule has 1 rings (SSSR count). The van der Waals surface area contributed by atoms with Crippen LogP contribution in [0.15, 0.2) is 6.20 Å². The molecule has 1 aromatic heterocycles. The number of rotatable bonds is 3. The Kier molecular flexibility index (Phi) is 3.96. The lowest BCUT2D eigenvalue weighted by Gasteiger charge is -2.20. The lowest BCUT2D eigenvalue weighted by Crippen LogP contribution is -2.42. The van der Waals surface area contributed by atoms with Gasteiger partial charge in [-0.25, -0.2) is 0 Å². The number of nitrogens with one attached hydrogen (secondary N) is 1. The summed E-state index contributed by atoms with van der Waals surface area (Å²) in [7, 11) is 0. The standard InChI is InChI=1S/C13H23N3O/c1-9(2)11-7-14-16(10(11)3)8-12(17)15-13(4,5)6/h7,9H,8H2,1-6H3,(H,15,17). The molecule has 4 heteroatoms. The monoisotopic (exact) mass is 237 g/mol. The van der Waals surface area contributed by atoms with Crippen LogP contribution in [0, 0.1) is 6.92 Å². The van der Waals surface area contributed by atoms with Crippen molar-refractivity contribution in [2.24, 2.45) is 0 Å². The first-order valence-electron chi connectivity index (χ1n) is 6.04. The number of aromatic nitrogens is 2. The summed E-state index contributed by atoms with van der Waals surface area (Å²) in [6, 6.07) is 0. The molecule has 0 unspecified atom stereocenters. The van der Waals surface area contributed by atoms with Crippen LogP contribution in [0.3, 0.4) is 0 Å². The normalized spacial score (nSPS) is 11.9. The summed E-state index contributed by atoms with van der Waals surface area (Å²) in [5, 5.41) is 7.20. The Morgan fingerprint density at radius 1 is 1.47 bits per heavy atom. The average Bonchev–Trinajstić information content (AvgIpc) is 2.44. The summed E-state index contributed by atoms with van der Waals surface area (Å²) < 4.78 is 1.76. The molecule has 17 heavy (non-hydrogen) atoms. The highest BCUT2D eigenvalue weighted by Crippen LogP contribution is 2.17. The van der Waals surface area contributed by atoms with Crippen LogP contribution in [0.4, 0.5) is 0 Å². The van der Waals surface area contributed by atoms with E-state index in [0.717, 1.165) is 5.69 Å². The lowest BCUT2D eigenvalue weighted by molar-refractivity contribution is -0.123. The fourth-order valence-electron chi connectivity index (χ4n) is 1.78. The maximum Gasteiger partial charge on any atom is 0.242 e. The number of amides is 1. The quantitative estimate of drug-likeness (QED) is 0.876. The zero-order valence-corrected chi connectivity index (χ0v) is 11.7. The van der Waals surface area contributed by atoms with Crippen LogP contribution in [-0.4, -0.2) is 21.2 Å². The highest BCUT2D eigenvalue weighted by Gasteiger charge is 2.16. The molecule has 0 atom stereocenters. The molecule has 0 saturated carbocycles. The minimum absolute atomic E-state index is 0.000920. The van der Waals surface area contributed by atoms with Gasteiger partial charge in [-0.15, -0.1) is 0 Å². The molecule has 4 nitrogen and oxygen atoms in total. The number of hydrogen-bond donors (Lipinski definition) is 1. The molecule has 1 amide bonds. The summed E-state index contributed by atoms with van der Waals surface area (Å²) in [4.78, 5) is 11.8. The van der Waals surface area contributed by atoms with E-state index in [0.29, 0.717) is 5.92 Å². The van der Waals surface area contributed by atoms with Crippen molar-refractivity contribution in [1.82, 2.24) is 15.1 Å². The molecule has 1 N–H and O–H groups in total. The molecule has 0 spiro atoms. The Balaban J connectivity index is 2.73. The third-order valence-corrected chi connectivity index (χ3v) is 2.57. The molecule has 0 aliphatic heterocycles. The van der Waals surface area contributed by atoms with Crippen LogP contribution in [0.2, 0.25) is 0 Å². The molecule has 1 heterocycles. The van der Waals surface area contributed by atoms with Gasteiger partial charge < -0.3 is 5.32 Å². The first-order valence-corrected chi connectivity index (χ1v) is 6.04. The summed E-state index contributed by atoms with van der Waals surface area (Å²) in [6.07, 6.45) is 1.85. The van der Waals surface area contributed by atoms with Crippen molar-refractivity contribution < 1.29 is 4.79 Å². The van der Waals surface area contributed by atoms with Crippen molar-refractivity contribution in [1.29, 1.82) is 0 Å². The van der Waals surface area contributed by atoms with Gasteiger partial charge in [0.1, 0.15) is 6.54 Å². The van der Waals surface area contributed by atoms with Crippen molar-refractivity contribution in [3.63, 3.8) is 0 Å². The van der Waals surface area contributed by atoms with Gasteiger partial charge in [0, 0.05) is 11.2 Å². The Bertz CT molecular complexity index is 399. The second-order valence-electron chi connectivity index (χ2n) is 5.80. The first kappa shape index (κ1) is 13.7. The van der Waals surface area contributed by atoms with Gasteiger partial charge in [0.15, 0.2) is 0 Å². The Morgan fingerprint density at radius 2 is 2.06 bits per heavy atom. The van der Waals surface area contributed by atoms with Gasteiger partial charge in [0.05, 0.1) is 6.20 Å². The third kappa shape index (κ3) is 3.88. The van der Waals surface area contributed by atoms with E-state index in [2.05, 4.69) is 24.3 Å². The zero-order chi connectivity index (χ0) is 13.2. The Labute approximate surface area is 103 Å². The maximum atomic E-state index is 11.8. The topological polar surface area (TPSA) is 46.9 Å². The van der Waals surface area contributed by atoms with E-state index < -0.39 is 0 Å². The highest BCUT2D eigenvalue weighted by atomic mass is 16.2. The minimum Gasteiger partial charge on any atom is -0.350 e. The van der Waals surface area contributed by atoms with Crippen LogP contribution in [-0.2, 0) is 11.3 Å². The molecular formula is C13H23N3O. The lowest BCUT2D eigenvalue weighted by atomic mass is 10.1. The van der Waals surface area contributed by atoms with Crippen molar-refractivity contribution in [2.45, 2.75) is 59.5 Å². The summed E-state index contributed by atoms with van der Waals surface area (Å²) in [6.45, 7) is 12.5. The molecule has 0 saturated heterocycles. The van der Waals surface area contributed by atoms with Gasteiger partial charge >= 0.3 is 0 Å². The zero-order valence-electron chi connectivity index (χ0n) is 11.7. The van der Waals surface area contributed by atoms with E-state index in [1.165, 1.54) is 5.56 Å². The molecule has 0 aliphatic rings. The number of carbonyl (C=O) groups excluding carboxylic acids is 1. The first-order chi connectivity index (χ1) is 7.70. The Hall–Kier alpha value is -1.32. The minimum atomic E-state index is -0.195. The second kappa shape index (κ2) is 4.90. The molecule has 0 fully saturated rings. The molecule has 96 valence electrons. The van der Waals surface area contributed by atoms with Crippen LogP contribution in [0.25, 0.3) is 0 Å². The van der Waals surface area contributed by atoms with E-state index in [1.807, 2.05) is 33.9 Å². The van der Waals surface area contributed by atoms with Gasteiger partial charge in [0.2, 0.25) is 5.91 Å². The summed E-state index contributed by atoms with van der Waals surface area (Å²) in [5.74, 6) is 0.438. The van der Waals surface area contributed by atoms with E-state index >= 15 is 0 Å². The van der Waals surface area contributed by atoms with E-state index in [4.69, 9.17) is 0 Å². The SMILES string of the molecule is Cc1c(C(C)C)cnn1CC(=O)NC(C)(C)C. The van der Waals surface area contributed by atoms with Gasteiger partial charge in [-0.3, -0.25) is 9.48 Å². The summed E-state index contributed by atoms with van der Waals surface area (Å²) >= 11 is 0. The van der Waals surface area contributed by atoms with E-state index in [-0.39, 0.29) is 18.0 Å². The molecular weight excluding hydrogens is 214 g/mol. The highest BCUT2D eigenvalue weighted by molar-refractivity contribution is 5.76. The van der Waals surface area contributed by atoms with Crippen molar-refractivity contribution in [3.8, 4) is 0 Å². The molecule has 0 aliphatic carbocycles. The fraction of sp³-hybridized carbons (Fsp3) is 0.692. The van der Waals surface area contributed by atoms with Crippen LogP contribution < -0.4 is 5.32 Å². The smallest absolute Gasteiger partial charge is 0.242 e. The predicted molar refractivity (Wildman–Crippen MR) is 68.9 cm³/mol. The van der Waals surface area contributed by atoms with Crippen molar-refractivity contribution in [2.75, 3.05) is 0 Å². The summed E-state index contributed by atoms with van der Waals surface area (Å²) in [5.41, 5.74) is 2.08. The molecule has 1 aromatic rings. The van der Waals surface area contributed by atoms with Crippen LogP contribution >= 0.6 is 0 Å². The number of carbonyl (C=O) groups is 1. The van der Waals surface area contributed by atoms with Gasteiger partial charge in [-0.05, 0) is 39.2 Å². The van der Waals surface area contributed by atoms with Crippen LogP contribution in [0.5, 0.6) is 0 Å². The Morgan fingerprint density at radius 3 is 2.47 bits per heavy atom. The average molecular weight is 237 g/mol. The van der Waals surface area contributed by atoms with E-state index in [9.17, 15) is 4.79 Å². The van der Waals surface area contributed by atoms with Gasteiger partial charge in [-0.2, -0.15) is 5.10 Å². The van der Waals surface area contributed by atoms with Crippen molar-refractivity contribution in [3.05, 3.63) is 17.5 Å². The number of hydrogen-bond acceptors (Lipinski definition) is 2. The molecule has 0 bridgehead atoms. The third-order valence-electron chi connectivity index (χ3n) is 2.57. The van der Waals surface area contributed by atoms with Gasteiger partial charge in [0.25, 0.3) is 0 Å². The fourth-order valence-corrected chi connectivity index (χ4v) is 1.78. The maximum absolute atomic E-state index is 11.8. The van der Waals surface area contributed by atoms with Crippen LogP contribution in [0.1, 0.15) is 51.8 Å². The van der Waals surface area contributed by atoms with Gasteiger partial charge in [-0.1, -0.05) is 13.8 Å².